The lowest BCUT2D eigenvalue weighted by Gasteiger charge is -2.12. The normalized spacial score (nSPS) is 11.6. The van der Waals surface area contributed by atoms with Crippen LogP contribution in [-0.2, 0) is 23.1 Å². The predicted octanol–water partition coefficient (Wildman–Crippen LogP) is 2.69. The highest BCUT2D eigenvalue weighted by atomic mass is 79.9. The first kappa shape index (κ1) is 16.2. The fourth-order valence-electron chi connectivity index (χ4n) is 2.08. The third-order valence-electron chi connectivity index (χ3n) is 3.26. The lowest BCUT2D eigenvalue weighted by molar-refractivity contribution is 0.580. The van der Waals surface area contributed by atoms with Gasteiger partial charge in [0.15, 0.2) is 0 Å². The number of rotatable bonds is 5. The first-order valence-corrected chi connectivity index (χ1v) is 8.74. The SMILES string of the molecule is Cc1c(CN)cccc1S(=O)(=O)NCc1cccc(Br)c1. The Morgan fingerprint density at radius 2 is 1.90 bits per heavy atom. The molecule has 21 heavy (non-hydrogen) atoms. The van der Waals surface area contributed by atoms with Crippen molar-refractivity contribution in [2.45, 2.75) is 24.9 Å². The maximum Gasteiger partial charge on any atom is 0.241 e. The Bertz CT molecular complexity index is 745. The van der Waals surface area contributed by atoms with Crippen LogP contribution in [0.15, 0.2) is 51.8 Å². The maximum atomic E-state index is 12.4. The van der Waals surface area contributed by atoms with Gasteiger partial charge in [-0.3, -0.25) is 0 Å². The fraction of sp³-hybridized carbons (Fsp3) is 0.200. The van der Waals surface area contributed by atoms with Gasteiger partial charge in [0, 0.05) is 17.6 Å². The number of nitrogens with one attached hydrogen (secondary N) is 1. The van der Waals surface area contributed by atoms with E-state index in [4.69, 9.17) is 5.73 Å². The average Bonchev–Trinajstić information content (AvgIpc) is 2.45. The van der Waals surface area contributed by atoms with Crippen LogP contribution in [0.2, 0.25) is 0 Å². The summed E-state index contributed by atoms with van der Waals surface area (Å²) < 4.78 is 28.4. The summed E-state index contributed by atoms with van der Waals surface area (Å²) in [5.41, 5.74) is 8.04. The second-order valence-electron chi connectivity index (χ2n) is 4.70. The summed E-state index contributed by atoms with van der Waals surface area (Å²) in [4.78, 5) is 0.278. The third-order valence-corrected chi connectivity index (χ3v) is 5.30. The molecule has 2 rings (SSSR count). The van der Waals surface area contributed by atoms with Crippen molar-refractivity contribution in [3.05, 3.63) is 63.6 Å². The molecule has 0 saturated heterocycles. The molecule has 0 aliphatic carbocycles. The van der Waals surface area contributed by atoms with Crippen molar-refractivity contribution in [2.75, 3.05) is 0 Å². The Labute approximate surface area is 133 Å². The number of hydrogen-bond donors (Lipinski definition) is 2. The summed E-state index contributed by atoms with van der Waals surface area (Å²) in [5, 5.41) is 0. The summed E-state index contributed by atoms with van der Waals surface area (Å²) in [5.74, 6) is 0. The highest BCUT2D eigenvalue weighted by Gasteiger charge is 2.17. The van der Waals surface area contributed by atoms with Crippen molar-refractivity contribution < 1.29 is 8.42 Å². The minimum absolute atomic E-state index is 0.244. The van der Waals surface area contributed by atoms with Gasteiger partial charge < -0.3 is 5.73 Å². The molecule has 4 nitrogen and oxygen atoms in total. The Balaban J connectivity index is 2.23. The molecule has 0 atom stereocenters. The molecule has 0 heterocycles. The van der Waals surface area contributed by atoms with Gasteiger partial charge in [-0.1, -0.05) is 40.2 Å². The Morgan fingerprint density at radius 1 is 1.19 bits per heavy atom. The van der Waals surface area contributed by atoms with Crippen LogP contribution in [0.1, 0.15) is 16.7 Å². The molecule has 0 radical (unpaired) electrons. The zero-order valence-corrected chi connectivity index (χ0v) is 14.0. The smallest absolute Gasteiger partial charge is 0.241 e. The summed E-state index contributed by atoms with van der Waals surface area (Å²) in [6.45, 7) is 2.34. The maximum absolute atomic E-state index is 12.4. The van der Waals surface area contributed by atoms with Crippen LogP contribution in [0, 0.1) is 6.92 Å². The van der Waals surface area contributed by atoms with Gasteiger partial charge in [0.05, 0.1) is 4.90 Å². The van der Waals surface area contributed by atoms with Gasteiger partial charge in [-0.25, -0.2) is 13.1 Å². The molecule has 0 aliphatic rings. The molecule has 3 N–H and O–H groups in total. The monoisotopic (exact) mass is 368 g/mol. The summed E-state index contributed by atoms with van der Waals surface area (Å²) in [6.07, 6.45) is 0. The van der Waals surface area contributed by atoms with Gasteiger partial charge in [-0.05, 0) is 41.8 Å². The molecule has 0 fully saturated rings. The lowest BCUT2D eigenvalue weighted by Crippen LogP contribution is -2.24. The van der Waals surface area contributed by atoms with E-state index in [0.717, 1.165) is 15.6 Å². The van der Waals surface area contributed by atoms with Crippen LogP contribution in [0.3, 0.4) is 0 Å². The molecule has 0 aliphatic heterocycles. The minimum Gasteiger partial charge on any atom is -0.326 e. The molecule has 0 bridgehead atoms. The number of hydrogen-bond acceptors (Lipinski definition) is 3. The number of halogens is 1. The second-order valence-corrected chi connectivity index (χ2v) is 7.35. The highest BCUT2D eigenvalue weighted by molar-refractivity contribution is 9.10. The van der Waals surface area contributed by atoms with Gasteiger partial charge in [-0.15, -0.1) is 0 Å². The highest BCUT2D eigenvalue weighted by Crippen LogP contribution is 2.19. The molecule has 2 aromatic rings. The Kier molecular flexibility index (Phi) is 5.16. The van der Waals surface area contributed by atoms with Crippen molar-refractivity contribution in [3.63, 3.8) is 0 Å². The van der Waals surface area contributed by atoms with E-state index in [1.54, 1.807) is 19.1 Å². The second kappa shape index (κ2) is 6.70. The molecular weight excluding hydrogens is 352 g/mol. The van der Waals surface area contributed by atoms with Crippen LogP contribution in [0.5, 0.6) is 0 Å². The first-order valence-electron chi connectivity index (χ1n) is 6.46. The van der Waals surface area contributed by atoms with E-state index in [9.17, 15) is 8.42 Å². The number of sulfonamides is 1. The molecule has 0 amide bonds. The molecule has 0 spiro atoms. The number of nitrogens with two attached hydrogens (primary N) is 1. The standard InChI is InChI=1S/C15H17BrN2O2S/c1-11-13(9-17)5-3-7-15(11)21(19,20)18-10-12-4-2-6-14(16)8-12/h2-8,18H,9-10,17H2,1H3. The zero-order valence-electron chi connectivity index (χ0n) is 11.6. The van der Waals surface area contributed by atoms with E-state index in [2.05, 4.69) is 20.7 Å². The Morgan fingerprint density at radius 3 is 2.57 bits per heavy atom. The van der Waals surface area contributed by atoms with Crippen LogP contribution in [0.4, 0.5) is 0 Å². The van der Waals surface area contributed by atoms with Crippen molar-refractivity contribution in [2.24, 2.45) is 5.73 Å². The summed E-state index contributed by atoms with van der Waals surface area (Å²) in [7, 11) is -3.56. The van der Waals surface area contributed by atoms with Crippen LogP contribution >= 0.6 is 15.9 Å². The van der Waals surface area contributed by atoms with Crippen molar-refractivity contribution in [1.29, 1.82) is 0 Å². The molecule has 6 heteroatoms. The molecule has 0 unspecified atom stereocenters. The van der Waals surface area contributed by atoms with Gasteiger partial charge in [0.2, 0.25) is 10.0 Å². The van der Waals surface area contributed by atoms with E-state index in [0.29, 0.717) is 12.1 Å². The van der Waals surface area contributed by atoms with E-state index in [1.807, 2.05) is 30.3 Å². The molecule has 2 aromatic carbocycles. The predicted molar refractivity (Wildman–Crippen MR) is 87.2 cm³/mol. The minimum atomic E-state index is -3.56. The topological polar surface area (TPSA) is 72.2 Å². The quantitative estimate of drug-likeness (QED) is 0.851. The Hall–Kier alpha value is -1.21. The van der Waals surface area contributed by atoms with E-state index in [-0.39, 0.29) is 11.4 Å². The molecule has 112 valence electrons. The zero-order chi connectivity index (χ0) is 15.5. The lowest BCUT2D eigenvalue weighted by atomic mass is 10.1. The van der Waals surface area contributed by atoms with Crippen LogP contribution < -0.4 is 10.5 Å². The van der Waals surface area contributed by atoms with Crippen molar-refractivity contribution in [1.82, 2.24) is 4.72 Å². The molecule has 0 aromatic heterocycles. The van der Waals surface area contributed by atoms with Crippen molar-refractivity contribution >= 4 is 26.0 Å². The average molecular weight is 369 g/mol. The van der Waals surface area contributed by atoms with Crippen LogP contribution in [0.25, 0.3) is 0 Å². The van der Waals surface area contributed by atoms with Gasteiger partial charge in [-0.2, -0.15) is 0 Å². The first-order chi connectivity index (χ1) is 9.94. The van der Waals surface area contributed by atoms with E-state index in [1.165, 1.54) is 0 Å². The van der Waals surface area contributed by atoms with Crippen LogP contribution in [-0.4, -0.2) is 8.42 Å². The summed E-state index contributed by atoms with van der Waals surface area (Å²) in [6, 6.07) is 12.7. The molecule has 0 saturated carbocycles. The fourth-order valence-corrected chi connectivity index (χ4v) is 3.83. The largest absolute Gasteiger partial charge is 0.326 e. The van der Waals surface area contributed by atoms with Crippen molar-refractivity contribution in [3.8, 4) is 0 Å². The summed E-state index contributed by atoms with van der Waals surface area (Å²) >= 11 is 3.37. The third kappa shape index (κ3) is 3.91. The number of benzene rings is 2. The van der Waals surface area contributed by atoms with E-state index < -0.39 is 10.0 Å². The van der Waals surface area contributed by atoms with Gasteiger partial charge >= 0.3 is 0 Å². The van der Waals surface area contributed by atoms with E-state index >= 15 is 0 Å². The molecular formula is C15H17BrN2O2S. The van der Waals surface area contributed by atoms with Gasteiger partial charge in [0.25, 0.3) is 0 Å². The van der Waals surface area contributed by atoms with Gasteiger partial charge in [0.1, 0.15) is 0 Å².